The molecule has 1 fully saturated rings. The molecule has 2 heteroatoms. The Morgan fingerprint density at radius 2 is 2.45 bits per heavy atom. The number of hydrogen-bond donors (Lipinski definition) is 0. The Labute approximate surface area is 68.8 Å². The van der Waals surface area contributed by atoms with Crippen LogP contribution in [0.4, 0.5) is 0 Å². The first-order valence-electron chi connectivity index (χ1n) is 4.23. The first kappa shape index (κ1) is 8.75. The van der Waals surface area contributed by atoms with Crippen LogP contribution in [0.1, 0.15) is 13.8 Å². The van der Waals surface area contributed by atoms with E-state index in [-0.39, 0.29) is 6.10 Å². The third-order valence-corrected chi connectivity index (χ3v) is 2.15. The molecular formula is C9H17NO. The second-order valence-electron chi connectivity index (χ2n) is 3.10. The fourth-order valence-electron chi connectivity index (χ4n) is 1.29. The Bertz CT molecular complexity index is 144. The zero-order valence-corrected chi connectivity index (χ0v) is 7.47. The molecule has 0 bridgehead atoms. The van der Waals surface area contributed by atoms with Crippen molar-refractivity contribution in [3.63, 3.8) is 0 Å². The second-order valence-corrected chi connectivity index (χ2v) is 3.10. The maximum absolute atomic E-state index is 5.53. The van der Waals surface area contributed by atoms with Crippen LogP contribution in [-0.4, -0.2) is 37.2 Å². The SMILES string of the molecule is C=C(C)C1CN(CC)CCO1. The van der Waals surface area contributed by atoms with Crippen molar-refractivity contribution < 1.29 is 4.74 Å². The van der Waals surface area contributed by atoms with E-state index in [1.807, 2.05) is 6.92 Å². The summed E-state index contributed by atoms with van der Waals surface area (Å²) in [6.07, 6.45) is 0.267. The summed E-state index contributed by atoms with van der Waals surface area (Å²) in [5, 5.41) is 0. The fourth-order valence-corrected chi connectivity index (χ4v) is 1.29. The van der Waals surface area contributed by atoms with E-state index in [1.54, 1.807) is 0 Å². The Balaban J connectivity index is 2.39. The number of ether oxygens (including phenoxy) is 1. The van der Waals surface area contributed by atoms with Crippen LogP contribution in [0.3, 0.4) is 0 Å². The van der Waals surface area contributed by atoms with Gasteiger partial charge in [-0.1, -0.05) is 19.1 Å². The molecule has 1 aliphatic rings. The number of nitrogens with zero attached hydrogens (tertiary/aromatic N) is 1. The van der Waals surface area contributed by atoms with Crippen molar-refractivity contribution in [3.8, 4) is 0 Å². The summed E-state index contributed by atoms with van der Waals surface area (Å²) in [5.41, 5.74) is 1.14. The van der Waals surface area contributed by atoms with Gasteiger partial charge < -0.3 is 4.74 Å². The van der Waals surface area contributed by atoms with Crippen LogP contribution in [0.2, 0.25) is 0 Å². The van der Waals surface area contributed by atoms with Gasteiger partial charge in [-0.15, -0.1) is 0 Å². The predicted molar refractivity (Wildman–Crippen MR) is 46.7 cm³/mol. The monoisotopic (exact) mass is 155 g/mol. The van der Waals surface area contributed by atoms with Gasteiger partial charge in [0, 0.05) is 13.1 Å². The van der Waals surface area contributed by atoms with Gasteiger partial charge in [-0.25, -0.2) is 0 Å². The minimum absolute atomic E-state index is 0.267. The first-order valence-corrected chi connectivity index (χ1v) is 4.23. The fraction of sp³-hybridized carbons (Fsp3) is 0.778. The molecule has 0 aromatic carbocycles. The highest BCUT2D eigenvalue weighted by molar-refractivity contribution is 5.00. The molecule has 64 valence electrons. The molecule has 0 saturated carbocycles. The van der Waals surface area contributed by atoms with Crippen molar-refractivity contribution in [1.82, 2.24) is 4.90 Å². The summed E-state index contributed by atoms with van der Waals surface area (Å²) < 4.78 is 5.53. The molecule has 1 atom stereocenters. The lowest BCUT2D eigenvalue weighted by Gasteiger charge is -2.32. The van der Waals surface area contributed by atoms with Crippen molar-refractivity contribution in [2.24, 2.45) is 0 Å². The predicted octanol–water partition coefficient (Wildman–Crippen LogP) is 1.28. The molecule has 2 nitrogen and oxygen atoms in total. The highest BCUT2D eigenvalue weighted by Gasteiger charge is 2.18. The van der Waals surface area contributed by atoms with Gasteiger partial charge in [0.15, 0.2) is 0 Å². The molecule has 1 saturated heterocycles. The number of hydrogen-bond acceptors (Lipinski definition) is 2. The van der Waals surface area contributed by atoms with Crippen molar-refractivity contribution in [2.45, 2.75) is 20.0 Å². The van der Waals surface area contributed by atoms with E-state index in [4.69, 9.17) is 4.74 Å². The average Bonchev–Trinajstić information content (AvgIpc) is 2.05. The van der Waals surface area contributed by atoms with E-state index < -0.39 is 0 Å². The van der Waals surface area contributed by atoms with Crippen molar-refractivity contribution >= 4 is 0 Å². The molecule has 1 heterocycles. The van der Waals surface area contributed by atoms with Gasteiger partial charge in [0.2, 0.25) is 0 Å². The van der Waals surface area contributed by atoms with E-state index in [1.165, 1.54) is 0 Å². The Morgan fingerprint density at radius 3 is 3.00 bits per heavy atom. The largest absolute Gasteiger partial charge is 0.371 e. The minimum Gasteiger partial charge on any atom is -0.371 e. The van der Waals surface area contributed by atoms with Crippen LogP contribution in [-0.2, 0) is 4.74 Å². The Hall–Kier alpha value is -0.340. The molecule has 0 spiro atoms. The van der Waals surface area contributed by atoms with Crippen LogP contribution in [0.5, 0.6) is 0 Å². The van der Waals surface area contributed by atoms with Gasteiger partial charge in [-0.05, 0) is 13.5 Å². The third kappa shape index (κ3) is 2.31. The molecule has 0 amide bonds. The molecule has 0 aromatic heterocycles. The van der Waals surface area contributed by atoms with Crippen molar-refractivity contribution in [3.05, 3.63) is 12.2 Å². The lowest BCUT2D eigenvalue weighted by atomic mass is 10.1. The number of morpholine rings is 1. The van der Waals surface area contributed by atoms with Crippen LogP contribution in [0.15, 0.2) is 12.2 Å². The van der Waals surface area contributed by atoms with E-state index >= 15 is 0 Å². The number of likely N-dealkylation sites (N-methyl/N-ethyl adjacent to an activating group) is 1. The maximum Gasteiger partial charge on any atom is 0.0907 e. The summed E-state index contributed by atoms with van der Waals surface area (Å²) in [4.78, 5) is 2.39. The average molecular weight is 155 g/mol. The van der Waals surface area contributed by atoms with Gasteiger partial charge >= 0.3 is 0 Å². The molecule has 0 aromatic rings. The van der Waals surface area contributed by atoms with E-state index in [0.29, 0.717) is 0 Å². The lowest BCUT2D eigenvalue weighted by molar-refractivity contribution is -0.00682. The molecule has 1 unspecified atom stereocenters. The quantitative estimate of drug-likeness (QED) is 0.557. The summed E-state index contributed by atoms with van der Waals surface area (Å²) in [5.74, 6) is 0. The minimum atomic E-state index is 0.267. The first-order chi connectivity index (χ1) is 5.24. The van der Waals surface area contributed by atoms with Crippen LogP contribution >= 0.6 is 0 Å². The van der Waals surface area contributed by atoms with Crippen molar-refractivity contribution in [2.75, 3.05) is 26.2 Å². The van der Waals surface area contributed by atoms with Gasteiger partial charge in [0.25, 0.3) is 0 Å². The second kappa shape index (κ2) is 3.88. The van der Waals surface area contributed by atoms with Gasteiger partial charge in [0.1, 0.15) is 0 Å². The molecular weight excluding hydrogens is 138 g/mol. The summed E-state index contributed by atoms with van der Waals surface area (Å²) in [6.45, 7) is 12.2. The van der Waals surface area contributed by atoms with E-state index in [9.17, 15) is 0 Å². The zero-order valence-electron chi connectivity index (χ0n) is 7.47. The highest BCUT2D eigenvalue weighted by Crippen LogP contribution is 2.10. The summed E-state index contributed by atoms with van der Waals surface area (Å²) in [6, 6.07) is 0. The standard InChI is InChI=1S/C9H17NO/c1-4-10-5-6-11-9(7-10)8(2)3/h9H,2,4-7H2,1,3H3. The van der Waals surface area contributed by atoms with Crippen molar-refractivity contribution in [1.29, 1.82) is 0 Å². The topological polar surface area (TPSA) is 12.5 Å². The van der Waals surface area contributed by atoms with Crippen LogP contribution in [0, 0.1) is 0 Å². The van der Waals surface area contributed by atoms with E-state index in [2.05, 4.69) is 18.4 Å². The molecule has 0 N–H and O–H groups in total. The molecule has 1 rings (SSSR count). The van der Waals surface area contributed by atoms with Crippen LogP contribution < -0.4 is 0 Å². The maximum atomic E-state index is 5.53. The summed E-state index contributed by atoms with van der Waals surface area (Å²) >= 11 is 0. The number of rotatable bonds is 2. The van der Waals surface area contributed by atoms with Gasteiger partial charge in [-0.3, -0.25) is 4.90 Å². The Morgan fingerprint density at radius 1 is 1.73 bits per heavy atom. The lowest BCUT2D eigenvalue weighted by Crippen LogP contribution is -2.42. The van der Waals surface area contributed by atoms with Gasteiger partial charge in [-0.2, -0.15) is 0 Å². The molecule has 0 aliphatic carbocycles. The van der Waals surface area contributed by atoms with Gasteiger partial charge in [0.05, 0.1) is 12.7 Å². The third-order valence-electron chi connectivity index (χ3n) is 2.15. The zero-order chi connectivity index (χ0) is 8.27. The smallest absolute Gasteiger partial charge is 0.0907 e. The molecule has 1 aliphatic heterocycles. The highest BCUT2D eigenvalue weighted by atomic mass is 16.5. The summed E-state index contributed by atoms with van der Waals surface area (Å²) in [7, 11) is 0. The van der Waals surface area contributed by atoms with Crippen LogP contribution in [0.25, 0.3) is 0 Å². The van der Waals surface area contributed by atoms with E-state index in [0.717, 1.165) is 31.8 Å². The molecule has 11 heavy (non-hydrogen) atoms. The molecule has 0 radical (unpaired) electrons. The normalized spacial score (nSPS) is 26.9. The Kier molecular flexibility index (Phi) is 3.09.